The summed E-state index contributed by atoms with van der Waals surface area (Å²) in [6.45, 7) is 1.91. The van der Waals surface area contributed by atoms with E-state index in [1.807, 2.05) is 30.3 Å². The van der Waals surface area contributed by atoms with Gasteiger partial charge in [-0.25, -0.2) is 14.2 Å². The highest BCUT2D eigenvalue weighted by molar-refractivity contribution is 7.99. The predicted molar refractivity (Wildman–Crippen MR) is 152 cm³/mol. The minimum absolute atomic E-state index is 0.0408. The molecule has 0 atom stereocenters. The van der Waals surface area contributed by atoms with Crippen molar-refractivity contribution in [1.82, 2.24) is 9.55 Å². The molecule has 5 rings (SSSR count). The Morgan fingerprint density at radius 1 is 1.03 bits per heavy atom. The molecule has 0 unspecified atom stereocenters. The van der Waals surface area contributed by atoms with E-state index < -0.39 is 23.3 Å². The number of hydrogen-bond acceptors (Lipinski definition) is 7. The van der Waals surface area contributed by atoms with Crippen LogP contribution in [0.4, 0.5) is 9.39 Å². The molecule has 2 heterocycles. The topological polar surface area (TPSA) is 90.3 Å². The number of rotatable bonds is 8. The van der Waals surface area contributed by atoms with Crippen molar-refractivity contribution in [2.75, 3.05) is 17.7 Å². The molecule has 0 aliphatic rings. The van der Waals surface area contributed by atoms with Crippen molar-refractivity contribution in [2.24, 2.45) is 0 Å². The summed E-state index contributed by atoms with van der Waals surface area (Å²) in [5, 5.41) is 3.66. The number of thioether (sulfide) groups is 1. The first-order valence-electron chi connectivity index (χ1n) is 12.0. The molecule has 0 saturated carbocycles. The average Bonchev–Trinajstić information content (AvgIpc) is 3.37. The van der Waals surface area contributed by atoms with Gasteiger partial charge in [0.1, 0.15) is 10.8 Å². The van der Waals surface area contributed by atoms with Gasteiger partial charge < -0.3 is 10.1 Å². The van der Waals surface area contributed by atoms with Gasteiger partial charge in [0.15, 0.2) is 5.16 Å². The Kier molecular flexibility index (Phi) is 7.85. The summed E-state index contributed by atoms with van der Waals surface area (Å²) in [6.07, 6.45) is 0. The molecule has 5 aromatic rings. The highest BCUT2D eigenvalue weighted by Crippen LogP contribution is 2.36. The van der Waals surface area contributed by atoms with Crippen molar-refractivity contribution in [3.05, 3.63) is 107 Å². The van der Waals surface area contributed by atoms with Gasteiger partial charge in [0.05, 0.1) is 34.5 Å². The van der Waals surface area contributed by atoms with Crippen molar-refractivity contribution >= 4 is 50.9 Å². The SMILES string of the molecule is CCOC(=O)c1cc(-c2ccccc2)sc1NC(=O)CSc1nc2ccccc2c(=O)n1-c1ccccc1F. The Morgan fingerprint density at radius 2 is 1.74 bits per heavy atom. The van der Waals surface area contributed by atoms with Gasteiger partial charge in [-0.15, -0.1) is 11.3 Å². The number of carbonyl (C=O) groups excluding carboxylic acids is 2. The van der Waals surface area contributed by atoms with Crippen LogP contribution in [-0.4, -0.2) is 33.8 Å². The normalized spacial score (nSPS) is 10.9. The summed E-state index contributed by atoms with van der Waals surface area (Å²) >= 11 is 2.26. The molecule has 3 aromatic carbocycles. The van der Waals surface area contributed by atoms with Gasteiger partial charge >= 0.3 is 5.97 Å². The molecule has 0 aliphatic heterocycles. The van der Waals surface area contributed by atoms with Crippen molar-refractivity contribution < 1.29 is 18.7 Å². The molecule has 0 fully saturated rings. The van der Waals surface area contributed by atoms with E-state index in [1.165, 1.54) is 34.1 Å². The number of benzene rings is 3. The summed E-state index contributed by atoms with van der Waals surface area (Å²) in [5.74, 6) is -1.69. The van der Waals surface area contributed by atoms with Gasteiger partial charge in [-0.1, -0.05) is 66.4 Å². The second kappa shape index (κ2) is 11.6. The smallest absolute Gasteiger partial charge is 0.341 e. The summed E-state index contributed by atoms with van der Waals surface area (Å²) in [7, 11) is 0. The van der Waals surface area contributed by atoms with Crippen LogP contribution in [0, 0.1) is 5.82 Å². The quantitative estimate of drug-likeness (QED) is 0.139. The molecule has 1 amide bonds. The summed E-state index contributed by atoms with van der Waals surface area (Å²) in [4.78, 5) is 44.4. The summed E-state index contributed by atoms with van der Waals surface area (Å²) in [5.41, 5.74) is 1.19. The van der Waals surface area contributed by atoms with Gasteiger partial charge in [-0.2, -0.15) is 0 Å². The van der Waals surface area contributed by atoms with Crippen LogP contribution >= 0.6 is 23.1 Å². The van der Waals surface area contributed by atoms with Crippen LogP contribution in [0.3, 0.4) is 0 Å². The molecule has 0 radical (unpaired) electrons. The van der Waals surface area contributed by atoms with Gasteiger partial charge in [0.2, 0.25) is 5.91 Å². The second-order valence-electron chi connectivity index (χ2n) is 8.28. The number of fused-ring (bicyclic) bond motifs is 1. The van der Waals surface area contributed by atoms with Crippen LogP contribution in [0.5, 0.6) is 0 Å². The van der Waals surface area contributed by atoms with Crippen LogP contribution < -0.4 is 10.9 Å². The minimum atomic E-state index is -0.589. The van der Waals surface area contributed by atoms with Crippen molar-refractivity contribution in [1.29, 1.82) is 0 Å². The Labute approximate surface area is 231 Å². The molecule has 2 aromatic heterocycles. The molecular formula is C29H22FN3O4S2. The van der Waals surface area contributed by atoms with E-state index in [0.717, 1.165) is 22.2 Å². The van der Waals surface area contributed by atoms with E-state index in [0.29, 0.717) is 15.9 Å². The lowest BCUT2D eigenvalue weighted by Crippen LogP contribution is -2.23. The van der Waals surface area contributed by atoms with Crippen molar-refractivity contribution in [3.8, 4) is 16.1 Å². The Hall–Kier alpha value is -4.28. The molecule has 7 nitrogen and oxygen atoms in total. The zero-order chi connectivity index (χ0) is 27.4. The van der Waals surface area contributed by atoms with Gasteiger partial charge in [0.25, 0.3) is 5.56 Å². The standard InChI is InChI=1S/C29H22FN3O4S2/c1-2-37-28(36)20-16-24(18-10-4-3-5-11-18)39-26(20)32-25(34)17-38-29-31-22-14-8-6-12-19(22)27(35)33(29)23-15-9-7-13-21(23)30/h3-16H,2,17H2,1H3,(H,32,34). The number of thiophene rings is 1. The number of nitrogens with one attached hydrogen (secondary N) is 1. The largest absolute Gasteiger partial charge is 0.462 e. The van der Waals surface area contributed by atoms with Crippen LogP contribution in [-0.2, 0) is 9.53 Å². The zero-order valence-electron chi connectivity index (χ0n) is 20.7. The Balaban J connectivity index is 1.45. The predicted octanol–water partition coefficient (Wildman–Crippen LogP) is 6.16. The molecule has 10 heteroatoms. The number of ether oxygens (including phenoxy) is 1. The number of para-hydroxylation sites is 2. The molecular weight excluding hydrogens is 537 g/mol. The molecule has 0 aliphatic carbocycles. The van der Waals surface area contributed by atoms with Crippen LogP contribution in [0.2, 0.25) is 0 Å². The van der Waals surface area contributed by atoms with E-state index in [2.05, 4.69) is 10.3 Å². The molecule has 196 valence electrons. The number of aromatic nitrogens is 2. The third kappa shape index (κ3) is 5.62. The van der Waals surface area contributed by atoms with Gasteiger partial charge in [-0.3, -0.25) is 14.2 Å². The average molecular weight is 560 g/mol. The summed E-state index contributed by atoms with van der Waals surface area (Å²) < 4.78 is 21.1. The molecule has 39 heavy (non-hydrogen) atoms. The number of esters is 1. The fourth-order valence-electron chi connectivity index (χ4n) is 3.94. The van der Waals surface area contributed by atoms with Crippen molar-refractivity contribution in [2.45, 2.75) is 12.1 Å². The van der Waals surface area contributed by atoms with Gasteiger partial charge in [-0.05, 0) is 42.8 Å². The fourth-order valence-corrected chi connectivity index (χ4v) is 5.81. The van der Waals surface area contributed by atoms with Crippen LogP contribution in [0.25, 0.3) is 27.0 Å². The number of halogens is 1. The maximum atomic E-state index is 14.7. The minimum Gasteiger partial charge on any atom is -0.462 e. The number of carbonyl (C=O) groups is 2. The molecule has 1 N–H and O–H groups in total. The fraction of sp³-hybridized carbons (Fsp3) is 0.103. The highest BCUT2D eigenvalue weighted by atomic mass is 32.2. The lowest BCUT2D eigenvalue weighted by Gasteiger charge is -2.14. The number of hydrogen-bond donors (Lipinski definition) is 1. The first-order chi connectivity index (χ1) is 19.0. The van der Waals surface area contributed by atoms with Crippen LogP contribution in [0.15, 0.2) is 94.9 Å². The monoisotopic (exact) mass is 559 g/mol. The number of anilines is 1. The number of amides is 1. The third-order valence-electron chi connectivity index (χ3n) is 5.71. The Bertz CT molecular complexity index is 1730. The summed E-state index contributed by atoms with van der Waals surface area (Å²) in [6, 6.07) is 23.9. The van der Waals surface area contributed by atoms with E-state index >= 15 is 0 Å². The first-order valence-corrected chi connectivity index (χ1v) is 13.8. The molecule has 0 saturated heterocycles. The second-order valence-corrected chi connectivity index (χ2v) is 10.3. The van der Waals surface area contributed by atoms with E-state index in [-0.39, 0.29) is 28.8 Å². The van der Waals surface area contributed by atoms with E-state index in [1.54, 1.807) is 43.3 Å². The lowest BCUT2D eigenvalue weighted by atomic mass is 10.1. The molecule has 0 bridgehead atoms. The lowest BCUT2D eigenvalue weighted by molar-refractivity contribution is -0.113. The highest BCUT2D eigenvalue weighted by Gasteiger charge is 2.21. The van der Waals surface area contributed by atoms with E-state index in [9.17, 15) is 18.8 Å². The number of nitrogens with zero attached hydrogens (tertiary/aromatic N) is 2. The zero-order valence-corrected chi connectivity index (χ0v) is 22.4. The Morgan fingerprint density at radius 3 is 2.51 bits per heavy atom. The van der Waals surface area contributed by atoms with Gasteiger partial charge in [0, 0.05) is 4.88 Å². The van der Waals surface area contributed by atoms with E-state index in [4.69, 9.17) is 4.74 Å². The van der Waals surface area contributed by atoms with Crippen LogP contribution in [0.1, 0.15) is 17.3 Å². The maximum absolute atomic E-state index is 14.7. The maximum Gasteiger partial charge on any atom is 0.341 e. The molecule has 0 spiro atoms. The van der Waals surface area contributed by atoms with Crippen molar-refractivity contribution in [3.63, 3.8) is 0 Å². The first kappa shape index (κ1) is 26.3. The third-order valence-corrected chi connectivity index (χ3v) is 7.75.